The van der Waals surface area contributed by atoms with Crippen molar-refractivity contribution in [2.24, 2.45) is 5.41 Å². The van der Waals surface area contributed by atoms with Gasteiger partial charge >= 0.3 is 0 Å². The highest BCUT2D eigenvalue weighted by Gasteiger charge is 2.51. The van der Waals surface area contributed by atoms with Crippen molar-refractivity contribution in [3.63, 3.8) is 0 Å². The number of rotatable bonds is 7. The largest absolute Gasteiger partial charge is 0.326 e. The third-order valence-corrected chi connectivity index (χ3v) is 8.02. The summed E-state index contributed by atoms with van der Waals surface area (Å²) in [5.74, 6) is 0.239. The number of amides is 3. The highest BCUT2D eigenvalue weighted by Crippen LogP contribution is 2.47. The number of pyridine rings is 1. The van der Waals surface area contributed by atoms with Crippen LogP contribution in [0.2, 0.25) is 0 Å². The number of carbonyl (C=O) groups is 3. The fraction of sp³-hybridized carbons (Fsp3) is 0.375. The molecule has 1 spiro atoms. The number of benzene rings is 2. The molecule has 2 heterocycles. The Labute approximate surface area is 235 Å². The van der Waals surface area contributed by atoms with Gasteiger partial charge in [0.05, 0.1) is 5.41 Å². The molecule has 0 bridgehead atoms. The summed E-state index contributed by atoms with van der Waals surface area (Å²) in [6.07, 6.45) is 2.82. The Morgan fingerprint density at radius 3 is 2.50 bits per heavy atom. The van der Waals surface area contributed by atoms with Crippen molar-refractivity contribution in [2.45, 2.75) is 65.1 Å². The topological polar surface area (TPSA) is 103 Å². The molecule has 40 heavy (non-hydrogen) atoms. The number of nitrogens with one attached hydrogen (secondary N) is 3. The molecule has 2 atom stereocenters. The van der Waals surface area contributed by atoms with Crippen LogP contribution in [0, 0.1) is 5.41 Å². The standard InChI is InChI=1S/C32H37N5O3/c1-20(37(30(40)31(2,3)4)19-23-10-7-6-9-22(23)18-33-5)28(38)35-25-13-12-21-16-32(17-24(21)15-25)26-11-8-14-34-27(26)36-29(32)39/h6-15,20,33H,16-19H2,1-5H3,(H,35,38)(H,34,36,39)/t20-,32?/m1/s1. The normalized spacial score (nSPS) is 18.2. The molecule has 0 saturated heterocycles. The van der Waals surface area contributed by atoms with Crippen LogP contribution in [0.4, 0.5) is 11.5 Å². The molecular formula is C32H37N5O3. The van der Waals surface area contributed by atoms with Crippen LogP contribution < -0.4 is 16.0 Å². The maximum absolute atomic E-state index is 13.6. The summed E-state index contributed by atoms with van der Waals surface area (Å²) < 4.78 is 0. The molecule has 0 fully saturated rings. The molecule has 3 N–H and O–H groups in total. The van der Waals surface area contributed by atoms with E-state index in [-0.39, 0.29) is 17.7 Å². The Balaban J connectivity index is 1.36. The molecule has 2 aliphatic rings. The quantitative estimate of drug-likeness (QED) is 0.418. The monoisotopic (exact) mass is 539 g/mol. The van der Waals surface area contributed by atoms with Crippen molar-refractivity contribution < 1.29 is 14.4 Å². The summed E-state index contributed by atoms with van der Waals surface area (Å²) in [7, 11) is 1.89. The van der Waals surface area contributed by atoms with Crippen LogP contribution in [0.5, 0.6) is 0 Å². The van der Waals surface area contributed by atoms with Crippen molar-refractivity contribution >= 4 is 29.2 Å². The van der Waals surface area contributed by atoms with Gasteiger partial charge < -0.3 is 20.9 Å². The lowest BCUT2D eigenvalue weighted by Crippen LogP contribution is -2.49. The van der Waals surface area contributed by atoms with Gasteiger partial charge in [0.2, 0.25) is 17.7 Å². The number of nitrogens with zero attached hydrogens (tertiary/aromatic N) is 2. The van der Waals surface area contributed by atoms with E-state index in [1.165, 1.54) is 0 Å². The van der Waals surface area contributed by atoms with Gasteiger partial charge in [0.1, 0.15) is 11.9 Å². The Bertz CT molecular complexity index is 1480. The fourth-order valence-electron chi connectivity index (χ4n) is 5.81. The number of hydrogen-bond acceptors (Lipinski definition) is 5. The lowest BCUT2D eigenvalue weighted by molar-refractivity contribution is -0.145. The fourth-order valence-corrected chi connectivity index (χ4v) is 5.81. The predicted octanol–water partition coefficient (Wildman–Crippen LogP) is 4.19. The molecule has 5 rings (SSSR count). The second kappa shape index (κ2) is 10.5. The summed E-state index contributed by atoms with van der Waals surface area (Å²) in [5.41, 5.74) is 4.46. The van der Waals surface area contributed by atoms with Crippen LogP contribution in [0.3, 0.4) is 0 Å². The van der Waals surface area contributed by atoms with Gasteiger partial charge in [-0.25, -0.2) is 4.98 Å². The molecule has 8 nitrogen and oxygen atoms in total. The Morgan fingerprint density at radius 2 is 1.77 bits per heavy atom. The zero-order chi connectivity index (χ0) is 28.7. The number of hydrogen-bond donors (Lipinski definition) is 3. The van der Waals surface area contributed by atoms with E-state index in [9.17, 15) is 14.4 Å². The predicted molar refractivity (Wildman–Crippen MR) is 156 cm³/mol. The van der Waals surface area contributed by atoms with Crippen LogP contribution in [0.25, 0.3) is 0 Å². The smallest absolute Gasteiger partial charge is 0.246 e. The Morgan fingerprint density at radius 1 is 1.05 bits per heavy atom. The zero-order valence-corrected chi connectivity index (χ0v) is 23.8. The van der Waals surface area contributed by atoms with Gasteiger partial charge in [0.25, 0.3) is 0 Å². The van der Waals surface area contributed by atoms with Gasteiger partial charge in [-0.05, 0) is 67.3 Å². The third-order valence-electron chi connectivity index (χ3n) is 8.02. The molecule has 208 valence electrons. The van der Waals surface area contributed by atoms with Crippen LogP contribution >= 0.6 is 0 Å². The van der Waals surface area contributed by atoms with Crippen molar-refractivity contribution in [2.75, 3.05) is 17.7 Å². The van der Waals surface area contributed by atoms with Gasteiger partial charge in [-0.3, -0.25) is 14.4 Å². The molecular weight excluding hydrogens is 502 g/mol. The summed E-state index contributed by atoms with van der Waals surface area (Å²) in [5, 5.41) is 9.14. The number of anilines is 2. The molecule has 1 aromatic heterocycles. The zero-order valence-electron chi connectivity index (χ0n) is 23.8. The first-order valence-corrected chi connectivity index (χ1v) is 13.8. The van der Waals surface area contributed by atoms with Crippen LogP contribution in [0.1, 0.15) is 55.5 Å². The number of fused-ring (bicyclic) bond motifs is 3. The Kier molecular flexibility index (Phi) is 7.23. The molecule has 0 saturated carbocycles. The minimum Gasteiger partial charge on any atom is -0.326 e. The highest BCUT2D eigenvalue weighted by molar-refractivity contribution is 6.06. The van der Waals surface area contributed by atoms with Gasteiger partial charge in [-0.1, -0.05) is 57.2 Å². The average molecular weight is 540 g/mol. The lowest BCUT2D eigenvalue weighted by Gasteiger charge is -2.34. The van der Waals surface area contributed by atoms with E-state index in [0.717, 1.165) is 27.8 Å². The average Bonchev–Trinajstić information content (AvgIpc) is 3.44. The van der Waals surface area contributed by atoms with E-state index in [2.05, 4.69) is 20.9 Å². The molecule has 0 radical (unpaired) electrons. The molecule has 1 unspecified atom stereocenters. The lowest BCUT2D eigenvalue weighted by atomic mass is 9.79. The van der Waals surface area contributed by atoms with Crippen LogP contribution in [-0.2, 0) is 45.7 Å². The molecule has 3 amide bonds. The van der Waals surface area contributed by atoms with E-state index in [1.807, 2.05) is 82.4 Å². The van der Waals surface area contributed by atoms with Gasteiger partial charge in [-0.2, -0.15) is 0 Å². The SMILES string of the molecule is CNCc1ccccc1CN(C(=O)C(C)(C)C)[C@H](C)C(=O)Nc1ccc2c(c1)CC1(C2)C(=O)Nc2ncccc21. The molecule has 3 aromatic rings. The number of aromatic nitrogens is 1. The van der Waals surface area contributed by atoms with Gasteiger partial charge in [0.15, 0.2) is 0 Å². The number of carbonyl (C=O) groups excluding carboxylic acids is 3. The minimum absolute atomic E-state index is 0.0357. The second-order valence-corrected chi connectivity index (χ2v) is 11.9. The molecule has 1 aliphatic heterocycles. The van der Waals surface area contributed by atoms with Gasteiger partial charge in [0, 0.05) is 36.0 Å². The van der Waals surface area contributed by atoms with E-state index in [4.69, 9.17) is 0 Å². The molecule has 2 aromatic carbocycles. The van der Waals surface area contributed by atoms with E-state index in [1.54, 1.807) is 18.0 Å². The van der Waals surface area contributed by atoms with E-state index in [0.29, 0.717) is 37.4 Å². The van der Waals surface area contributed by atoms with Gasteiger partial charge in [-0.15, -0.1) is 0 Å². The van der Waals surface area contributed by atoms with E-state index >= 15 is 0 Å². The summed E-state index contributed by atoms with van der Waals surface area (Å²) >= 11 is 0. The van der Waals surface area contributed by atoms with E-state index < -0.39 is 16.9 Å². The Hall–Kier alpha value is -4.04. The molecule has 1 aliphatic carbocycles. The van der Waals surface area contributed by atoms with Crippen molar-refractivity contribution in [1.82, 2.24) is 15.2 Å². The first kappa shape index (κ1) is 27.5. The first-order valence-electron chi connectivity index (χ1n) is 13.8. The van der Waals surface area contributed by atoms with Crippen molar-refractivity contribution in [1.29, 1.82) is 0 Å². The first-order chi connectivity index (χ1) is 19.0. The second-order valence-electron chi connectivity index (χ2n) is 11.9. The van der Waals surface area contributed by atoms with Crippen LogP contribution in [-0.4, -0.2) is 40.7 Å². The summed E-state index contributed by atoms with van der Waals surface area (Å²) in [6, 6.07) is 16.9. The van der Waals surface area contributed by atoms with Crippen molar-refractivity contribution in [3.8, 4) is 0 Å². The maximum Gasteiger partial charge on any atom is 0.246 e. The maximum atomic E-state index is 13.6. The third kappa shape index (κ3) is 4.99. The van der Waals surface area contributed by atoms with Crippen molar-refractivity contribution in [3.05, 3.63) is 88.6 Å². The van der Waals surface area contributed by atoms with Crippen LogP contribution in [0.15, 0.2) is 60.8 Å². The molecule has 8 heteroatoms. The highest BCUT2D eigenvalue weighted by atomic mass is 16.2. The summed E-state index contributed by atoms with van der Waals surface area (Å²) in [4.78, 5) is 46.2. The summed E-state index contributed by atoms with van der Waals surface area (Å²) in [6.45, 7) is 8.39. The minimum atomic E-state index is -0.701.